The summed E-state index contributed by atoms with van der Waals surface area (Å²) in [6, 6.07) is 18.6. The summed E-state index contributed by atoms with van der Waals surface area (Å²) >= 11 is 0. The van der Waals surface area contributed by atoms with Crippen LogP contribution in [-0.2, 0) is 4.74 Å². The lowest BCUT2D eigenvalue weighted by molar-refractivity contribution is -0.0650. The molecule has 3 heteroatoms. The molecule has 2 aromatic carbocycles. The minimum absolute atomic E-state index is 0.0138. The number of esters is 1. The number of aliphatic hydroxyl groups is 1. The zero-order valence-corrected chi connectivity index (χ0v) is 11.7. The van der Waals surface area contributed by atoms with Crippen LogP contribution in [0.5, 0.6) is 0 Å². The molecule has 0 heterocycles. The van der Waals surface area contributed by atoms with Gasteiger partial charge in [-0.3, -0.25) is 0 Å². The molecule has 3 rings (SSSR count). The van der Waals surface area contributed by atoms with Crippen molar-refractivity contribution in [3.63, 3.8) is 0 Å². The summed E-state index contributed by atoms with van der Waals surface area (Å²) in [5, 5.41) is 9.93. The van der Waals surface area contributed by atoms with Gasteiger partial charge in [-0.05, 0) is 30.5 Å². The van der Waals surface area contributed by atoms with E-state index in [-0.39, 0.29) is 18.0 Å². The Bertz CT molecular complexity index is 594. The van der Waals surface area contributed by atoms with Gasteiger partial charge >= 0.3 is 5.97 Å². The molecule has 0 unspecified atom stereocenters. The van der Waals surface area contributed by atoms with E-state index in [1.54, 1.807) is 12.1 Å². The number of benzene rings is 2. The second kappa shape index (κ2) is 6.10. The molecule has 0 aromatic heterocycles. The molecule has 0 radical (unpaired) electrons. The van der Waals surface area contributed by atoms with Crippen molar-refractivity contribution < 1.29 is 14.6 Å². The summed E-state index contributed by atoms with van der Waals surface area (Å²) in [6.07, 6.45) is 0.876. The van der Waals surface area contributed by atoms with Gasteiger partial charge in [-0.15, -0.1) is 0 Å². The van der Waals surface area contributed by atoms with Crippen molar-refractivity contribution in [1.82, 2.24) is 0 Å². The number of ether oxygens (including phenoxy) is 1. The van der Waals surface area contributed by atoms with Gasteiger partial charge in [0.05, 0.1) is 11.7 Å². The largest absolute Gasteiger partial charge is 0.453 e. The third kappa shape index (κ3) is 2.98. The fourth-order valence-corrected chi connectivity index (χ4v) is 2.66. The highest BCUT2D eigenvalue weighted by molar-refractivity contribution is 5.89. The van der Waals surface area contributed by atoms with E-state index in [1.807, 2.05) is 48.5 Å². The molecule has 0 aliphatic heterocycles. The Labute approximate surface area is 124 Å². The molecule has 0 spiro atoms. The maximum absolute atomic E-state index is 12.3. The highest BCUT2D eigenvalue weighted by atomic mass is 16.5. The number of carbonyl (C=O) groups is 1. The summed E-state index contributed by atoms with van der Waals surface area (Å²) in [7, 11) is 0. The molecule has 108 valence electrons. The van der Waals surface area contributed by atoms with Gasteiger partial charge in [0.25, 0.3) is 0 Å². The van der Waals surface area contributed by atoms with Crippen molar-refractivity contribution in [2.75, 3.05) is 0 Å². The van der Waals surface area contributed by atoms with Gasteiger partial charge in [0.2, 0.25) is 0 Å². The van der Waals surface area contributed by atoms with E-state index in [2.05, 4.69) is 0 Å². The Morgan fingerprint density at radius 1 is 1.00 bits per heavy atom. The monoisotopic (exact) mass is 282 g/mol. The van der Waals surface area contributed by atoms with Crippen molar-refractivity contribution >= 4 is 5.97 Å². The van der Waals surface area contributed by atoms with E-state index in [9.17, 15) is 9.90 Å². The lowest BCUT2D eigenvalue weighted by Gasteiger charge is -2.38. The second-order valence-corrected chi connectivity index (χ2v) is 5.41. The first kappa shape index (κ1) is 13.8. The van der Waals surface area contributed by atoms with Gasteiger partial charge in [-0.2, -0.15) is 0 Å². The van der Waals surface area contributed by atoms with Crippen LogP contribution < -0.4 is 0 Å². The van der Waals surface area contributed by atoms with Crippen LogP contribution in [0.2, 0.25) is 0 Å². The van der Waals surface area contributed by atoms with Crippen LogP contribution in [0.25, 0.3) is 0 Å². The van der Waals surface area contributed by atoms with Gasteiger partial charge in [0, 0.05) is 5.92 Å². The Morgan fingerprint density at radius 2 is 1.62 bits per heavy atom. The Kier molecular flexibility index (Phi) is 4.02. The van der Waals surface area contributed by atoms with Gasteiger partial charge < -0.3 is 9.84 Å². The molecule has 1 aliphatic rings. The highest BCUT2D eigenvalue weighted by Crippen LogP contribution is 2.40. The normalized spacial score (nSPS) is 22.1. The zero-order valence-electron chi connectivity index (χ0n) is 11.7. The van der Waals surface area contributed by atoms with Crippen LogP contribution in [0.15, 0.2) is 60.7 Å². The number of aliphatic hydroxyl groups excluding tert-OH is 1. The first-order valence-electron chi connectivity index (χ1n) is 7.25. The molecule has 1 N–H and O–H groups in total. The molecule has 0 saturated heterocycles. The zero-order chi connectivity index (χ0) is 14.7. The van der Waals surface area contributed by atoms with E-state index < -0.39 is 6.10 Å². The quantitative estimate of drug-likeness (QED) is 0.875. The fraction of sp³-hybridized carbons (Fsp3) is 0.278. The summed E-state index contributed by atoms with van der Waals surface area (Å²) in [6.45, 7) is 0. The van der Waals surface area contributed by atoms with Crippen LogP contribution in [0.4, 0.5) is 0 Å². The molecule has 0 amide bonds. The van der Waals surface area contributed by atoms with Crippen LogP contribution >= 0.6 is 0 Å². The van der Waals surface area contributed by atoms with E-state index >= 15 is 0 Å². The van der Waals surface area contributed by atoms with Gasteiger partial charge in [-0.1, -0.05) is 48.5 Å². The summed E-state index contributed by atoms with van der Waals surface area (Å²) < 4.78 is 5.70. The fourth-order valence-electron chi connectivity index (χ4n) is 2.66. The maximum atomic E-state index is 12.3. The first-order chi connectivity index (χ1) is 10.3. The van der Waals surface area contributed by atoms with Crippen LogP contribution in [0.1, 0.15) is 34.9 Å². The molecule has 1 aliphatic carbocycles. The third-order valence-corrected chi connectivity index (χ3v) is 4.05. The molecular formula is C18H18O3. The SMILES string of the molecule is O=C(O[C@H](c1ccccc1)[C@@H]1CC[C@H]1O)c1ccccc1. The van der Waals surface area contributed by atoms with Gasteiger partial charge in [0.1, 0.15) is 6.10 Å². The predicted molar refractivity (Wildman–Crippen MR) is 79.8 cm³/mol. The van der Waals surface area contributed by atoms with E-state index in [1.165, 1.54) is 0 Å². The summed E-state index contributed by atoms with van der Waals surface area (Å²) in [4.78, 5) is 12.3. The predicted octanol–water partition coefficient (Wildman–Crippen LogP) is 3.36. The first-order valence-corrected chi connectivity index (χ1v) is 7.25. The van der Waals surface area contributed by atoms with E-state index in [4.69, 9.17) is 4.74 Å². The number of rotatable bonds is 4. The highest BCUT2D eigenvalue weighted by Gasteiger charge is 2.39. The minimum atomic E-state index is -0.390. The van der Waals surface area contributed by atoms with Crippen LogP contribution in [0.3, 0.4) is 0 Å². The molecular weight excluding hydrogens is 264 g/mol. The van der Waals surface area contributed by atoms with Crippen molar-refractivity contribution in [3.8, 4) is 0 Å². The molecule has 0 bridgehead atoms. The topological polar surface area (TPSA) is 46.5 Å². The third-order valence-electron chi connectivity index (χ3n) is 4.05. The molecule has 21 heavy (non-hydrogen) atoms. The number of hydrogen-bond acceptors (Lipinski definition) is 3. The molecule has 1 fully saturated rings. The van der Waals surface area contributed by atoms with Gasteiger partial charge in [-0.25, -0.2) is 4.79 Å². The average Bonchev–Trinajstić information content (AvgIpc) is 2.54. The Morgan fingerprint density at radius 3 is 2.14 bits per heavy atom. The number of carbonyl (C=O) groups excluding carboxylic acids is 1. The van der Waals surface area contributed by atoms with Crippen LogP contribution in [0, 0.1) is 5.92 Å². The lowest BCUT2D eigenvalue weighted by Crippen LogP contribution is -2.37. The summed E-state index contributed by atoms with van der Waals surface area (Å²) in [5.74, 6) is -0.358. The van der Waals surface area contributed by atoms with E-state index in [0.29, 0.717) is 5.56 Å². The standard InChI is InChI=1S/C18H18O3/c19-16-12-11-15(16)17(13-7-3-1-4-8-13)21-18(20)14-9-5-2-6-10-14/h1-10,15-17,19H,11-12H2/t15-,16-,17-/m1/s1. The van der Waals surface area contributed by atoms with Gasteiger partial charge in [0.15, 0.2) is 0 Å². The van der Waals surface area contributed by atoms with Crippen molar-refractivity contribution in [1.29, 1.82) is 0 Å². The molecule has 3 atom stereocenters. The van der Waals surface area contributed by atoms with Crippen molar-refractivity contribution in [3.05, 3.63) is 71.8 Å². The second-order valence-electron chi connectivity index (χ2n) is 5.41. The van der Waals surface area contributed by atoms with Crippen molar-refractivity contribution in [2.24, 2.45) is 5.92 Å². The molecule has 2 aromatic rings. The van der Waals surface area contributed by atoms with Crippen molar-refractivity contribution in [2.45, 2.75) is 25.0 Å². The average molecular weight is 282 g/mol. The minimum Gasteiger partial charge on any atom is -0.453 e. The Balaban J connectivity index is 1.81. The molecule has 1 saturated carbocycles. The Hall–Kier alpha value is -2.13. The summed E-state index contributed by atoms with van der Waals surface area (Å²) in [5.41, 5.74) is 1.47. The maximum Gasteiger partial charge on any atom is 0.338 e. The smallest absolute Gasteiger partial charge is 0.338 e. The van der Waals surface area contributed by atoms with E-state index in [0.717, 1.165) is 18.4 Å². The van der Waals surface area contributed by atoms with Crippen LogP contribution in [-0.4, -0.2) is 17.2 Å². The number of hydrogen-bond donors (Lipinski definition) is 1. The lowest BCUT2D eigenvalue weighted by atomic mass is 9.76. The molecule has 3 nitrogen and oxygen atoms in total.